The Morgan fingerprint density at radius 3 is 1.93 bits per heavy atom. The van der Waals surface area contributed by atoms with Crippen molar-refractivity contribution in [3.8, 4) is 0 Å². The van der Waals surface area contributed by atoms with Gasteiger partial charge in [0.15, 0.2) is 0 Å². The molecule has 0 atom stereocenters. The van der Waals surface area contributed by atoms with Crippen LogP contribution in [-0.4, -0.2) is 42.9 Å². The average Bonchev–Trinajstić information content (AvgIpc) is 1.75. The Morgan fingerprint density at radius 1 is 1.13 bits per heavy atom. The molecule has 0 bridgehead atoms. The molecule has 92 valence electrons. The summed E-state index contributed by atoms with van der Waals surface area (Å²) >= 11 is -11.2. The van der Waals surface area contributed by atoms with Crippen LogP contribution in [0.4, 0.5) is 0 Å². The van der Waals surface area contributed by atoms with Crippen molar-refractivity contribution in [2.24, 2.45) is 0 Å². The Labute approximate surface area is 92.1 Å². The average molecular weight is 304 g/mol. The molecule has 0 amide bonds. The van der Waals surface area contributed by atoms with Crippen LogP contribution in [0.3, 0.4) is 0 Å². The molecule has 0 fully saturated rings. The van der Waals surface area contributed by atoms with E-state index in [1.54, 1.807) is 21.1 Å². The summed E-state index contributed by atoms with van der Waals surface area (Å²) in [6.45, 7) is 0.149. The molecule has 0 spiro atoms. The molecular formula is C5H14Cr2NO7+. The number of likely N-dealkylation sites (N-methyl/N-ethyl adjacent to an activating group) is 1. The normalized spacial score (nSPS) is 14.1. The molecule has 0 aromatic carbocycles. The van der Waals surface area contributed by atoms with Gasteiger partial charge in [-0.15, -0.1) is 0 Å². The van der Waals surface area contributed by atoms with Gasteiger partial charge in [-0.05, 0) is 0 Å². The van der Waals surface area contributed by atoms with Crippen molar-refractivity contribution in [1.82, 2.24) is 0 Å². The summed E-state index contributed by atoms with van der Waals surface area (Å²) in [5.74, 6) is 0. The Morgan fingerprint density at radius 2 is 1.60 bits per heavy atom. The molecule has 1 N–H and O–H groups in total. The Balaban J connectivity index is 4.20. The second-order valence-corrected chi connectivity index (χ2v) is 7.81. The topological polar surface area (TPSA) is 107 Å². The van der Waals surface area contributed by atoms with Crippen molar-refractivity contribution in [2.75, 3.05) is 34.3 Å². The van der Waals surface area contributed by atoms with E-state index in [2.05, 4.69) is 6.63 Å². The van der Waals surface area contributed by atoms with Gasteiger partial charge in [-0.1, -0.05) is 0 Å². The third-order valence-electron chi connectivity index (χ3n) is 1.16. The first-order valence-electron chi connectivity index (χ1n) is 3.80. The molecule has 0 aliphatic carbocycles. The van der Waals surface area contributed by atoms with Crippen LogP contribution >= 0.6 is 0 Å². The van der Waals surface area contributed by atoms with Gasteiger partial charge in [0.2, 0.25) is 0 Å². The van der Waals surface area contributed by atoms with Gasteiger partial charge in [0.05, 0.1) is 0 Å². The standard InChI is InChI=1S/C5H13NO.2Cr.H2O.5O/c1-6(2,3)4-5-7;;;;;;;;/h4-5H2,1-3H3;;;1H2;;;;;/q;2*+1;;;;;;/p-1. The monoisotopic (exact) mass is 304 g/mol. The van der Waals surface area contributed by atoms with Gasteiger partial charge in [-0.2, -0.15) is 0 Å². The molecular weight excluding hydrogens is 290 g/mol. The predicted molar refractivity (Wildman–Crippen MR) is 34.9 cm³/mol. The van der Waals surface area contributed by atoms with Crippen LogP contribution in [0.15, 0.2) is 0 Å². The summed E-state index contributed by atoms with van der Waals surface area (Å²) in [5, 5.41) is 0. The van der Waals surface area contributed by atoms with E-state index in [9.17, 15) is 15.2 Å². The fourth-order valence-electron chi connectivity index (χ4n) is 0.538. The van der Waals surface area contributed by atoms with Gasteiger partial charge >= 0.3 is 92.0 Å². The van der Waals surface area contributed by atoms with E-state index in [-0.39, 0.29) is 6.61 Å². The SMILES string of the molecule is C[N+](C)(C)CC[O][Cr](=[O])(=[O])[O][Cr](=[O])(=[O])[OH]. The molecule has 0 aromatic heterocycles. The van der Waals surface area contributed by atoms with Crippen LogP contribution < -0.4 is 0 Å². The molecule has 0 aromatic rings. The van der Waals surface area contributed by atoms with Crippen molar-refractivity contribution in [2.45, 2.75) is 0 Å². The minimum absolute atomic E-state index is 0.205. The molecule has 10 heteroatoms. The van der Waals surface area contributed by atoms with Crippen molar-refractivity contribution < 1.29 is 57.7 Å². The zero-order valence-electron chi connectivity index (χ0n) is 8.57. The van der Waals surface area contributed by atoms with E-state index in [4.69, 9.17) is 4.16 Å². The van der Waals surface area contributed by atoms with E-state index in [1.165, 1.54) is 0 Å². The van der Waals surface area contributed by atoms with Gasteiger partial charge in [0.1, 0.15) is 0 Å². The summed E-state index contributed by atoms with van der Waals surface area (Å²) in [4.78, 5) is 0. The number of hydrogen-bond acceptors (Lipinski definition) is 6. The minimum atomic E-state index is -5.74. The van der Waals surface area contributed by atoms with Gasteiger partial charge in [0, 0.05) is 0 Å². The predicted octanol–water partition coefficient (Wildman–Crippen LogP) is -0.932. The van der Waals surface area contributed by atoms with E-state index in [1.807, 2.05) is 0 Å². The van der Waals surface area contributed by atoms with Crippen LogP contribution in [0, 0.1) is 0 Å². The number of hydrogen-bond donors (Lipinski definition) is 1. The molecule has 0 aliphatic heterocycles. The Bertz CT molecular complexity index is 390. The number of quaternary nitrogens is 1. The summed E-state index contributed by atoms with van der Waals surface area (Å²) in [5.41, 5.74) is 0. The van der Waals surface area contributed by atoms with Crippen LogP contribution in [0.1, 0.15) is 0 Å². The molecule has 0 saturated carbocycles. The quantitative estimate of drug-likeness (QED) is 0.632. The van der Waals surface area contributed by atoms with Gasteiger partial charge < -0.3 is 0 Å². The number of rotatable bonds is 6. The summed E-state index contributed by atoms with van der Waals surface area (Å²) in [6.07, 6.45) is 0. The maximum atomic E-state index is 10.8. The molecule has 0 radical (unpaired) electrons. The molecule has 0 heterocycles. The van der Waals surface area contributed by atoms with Crippen molar-refractivity contribution in [3.63, 3.8) is 0 Å². The van der Waals surface area contributed by atoms with Crippen LogP contribution in [-0.2, 0) is 49.1 Å². The molecule has 0 aliphatic rings. The first kappa shape index (κ1) is 15.1. The van der Waals surface area contributed by atoms with E-state index < -0.39 is 27.2 Å². The van der Waals surface area contributed by atoms with Crippen molar-refractivity contribution >= 4 is 0 Å². The van der Waals surface area contributed by atoms with Crippen molar-refractivity contribution in [1.29, 1.82) is 0 Å². The second-order valence-electron chi connectivity index (χ2n) is 3.74. The summed E-state index contributed by atoms with van der Waals surface area (Å²) < 4.78 is 58.4. The van der Waals surface area contributed by atoms with Crippen LogP contribution in [0.2, 0.25) is 0 Å². The van der Waals surface area contributed by atoms with E-state index >= 15 is 0 Å². The Hall–Kier alpha value is 0.105. The molecule has 0 rings (SSSR count). The second kappa shape index (κ2) is 4.96. The van der Waals surface area contributed by atoms with E-state index in [0.717, 1.165) is 0 Å². The van der Waals surface area contributed by atoms with Crippen LogP contribution in [0.5, 0.6) is 0 Å². The summed E-state index contributed by atoms with van der Waals surface area (Å²) in [7, 11) is 5.41. The fourth-order valence-corrected chi connectivity index (χ4v) is 2.97. The zero-order chi connectivity index (χ0) is 12.3. The Kier molecular flexibility index (Phi) is 4.99. The maximum absolute atomic E-state index is 10.8. The molecule has 0 unspecified atom stereocenters. The third-order valence-corrected chi connectivity index (χ3v) is 4.58. The fraction of sp³-hybridized carbons (Fsp3) is 1.00. The summed E-state index contributed by atoms with van der Waals surface area (Å²) in [6, 6.07) is 0. The van der Waals surface area contributed by atoms with Crippen LogP contribution in [0.25, 0.3) is 0 Å². The first-order valence-corrected chi connectivity index (χ1v) is 8.01. The van der Waals surface area contributed by atoms with E-state index in [0.29, 0.717) is 11.0 Å². The van der Waals surface area contributed by atoms with Gasteiger partial charge in [-0.25, -0.2) is 0 Å². The zero-order valence-corrected chi connectivity index (χ0v) is 11.1. The third kappa shape index (κ3) is 10.4. The van der Waals surface area contributed by atoms with Gasteiger partial charge in [0.25, 0.3) is 0 Å². The molecule has 15 heavy (non-hydrogen) atoms. The van der Waals surface area contributed by atoms with Crippen molar-refractivity contribution in [3.05, 3.63) is 0 Å². The molecule has 8 nitrogen and oxygen atoms in total. The molecule has 0 saturated heterocycles. The van der Waals surface area contributed by atoms with Gasteiger partial charge in [-0.3, -0.25) is 0 Å². The first-order chi connectivity index (χ1) is 6.41. The number of nitrogens with zero attached hydrogens (tertiary/aromatic N) is 1.